The summed E-state index contributed by atoms with van der Waals surface area (Å²) in [6.45, 7) is 3.94. The molecule has 1 aromatic heterocycles. The SMILES string of the molecule is CCOC(=O)c1c(NC(=O)C=Cc2ccc(Cl)cc2)sc(C)c1-c1ccccc1. The highest BCUT2D eigenvalue weighted by atomic mass is 35.5. The molecule has 3 rings (SSSR count). The van der Waals surface area contributed by atoms with E-state index < -0.39 is 5.97 Å². The van der Waals surface area contributed by atoms with Crippen molar-refractivity contribution in [1.29, 1.82) is 0 Å². The van der Waals surface area contributed by atoms with Gasteiger partial charge in [0.25, 0.3) is 0 Å². The molecule has 2 aromatic carbocycles. The summed E-state index contributed by atoms with van der Waals surface area (Å²) in [6, 6.07) is 16.8. The second-order valence-corrected chi connectivity index (χ2v) is 7.86. The number of thiophene rings is 1. The number of ether oxygens (including phenoxy) is 1. The van der Waals surface area contributed by atoms with Crippen LogP contribution in [0.1, 0.15) is 27.7 Å². The fourth-order valence-corrected chi connectivity index (χ4v) is 4.08. The van der Waals surface area contributed by atoms with Crippen molar-refractivity contribution in [1.82, 2.24) is 0 Å². The van der Waals surface area contributed by atoms with Crippen LogP contribution in [-0.2, 0) is 9.53 Å². The Labute approximate surface area is 178 Å². The molecule has 0 unspecified atom stereocenters. The van der Waals surface area contributed by atoms with Crippen molar-refractivity contribution in [2.45, 2.75) is 13.8 Å². The molecule has 0 radical (unpaired) electrons. The summed E-state index contributed by atoms with van der Waals surface area (Å²) in [5.41, 5.74) is 2.92. The number of rotatable bonds is 6. The van der Waals surface area contributed by atoms with Crippen molar-refractivity contribution >= 4 is 45.9 Å². The number of nitrogens with one attached hydrogen (secondary N) is 1. The molecule has 1 amide bonds. The van der Waals surface area contributed by atoms with Gasteiger partial charge in [0.2, 0.25) is 5.91 Å². The molecule has 0 aliphatic rings. The average Bonchev–Trinajstić information content (AvgIpc) is 3.04. The molecule has 29 heavy (non-hydrogen) atoms. The first-order valence-corrected chi connectivity index (χ1v) is 10.3. The van der Waals surface area contributed by atoms with Gasteiger partial charge < -0.3 is 10.1 Å². The van der Waals surface area contributed by atoms with Gasteiger partial charge in [-0.05, 0) is 43.2 Å². The second-order valence-electron chi connectivity index (χ2n) is 6.20. The molecular weight excluding hydrogens is 406 g/mol. The molecule has 0 saturated heterocycles. The largest absolute Gasteiger partial charge is 0.462 e. The maximum Gasteiger partial charge on any atom is 0.341 e. The van der Waals surface area contributed by atoms with E-state index in [9.17, 15) is 9.59 Å². The molecule has 0 atom stereocenters. The second kappa shape index (κ2) is 9.54. The minimum atomic E-state index is -0.451. The summed E-state index contributed by atoms with van der Waals surface area (Å²) in [5.74, 6) is -0.779. The number of benzene rings is 2. The third-order valence-electron chi connectivity index (χ3n) is 4.16. The number of carbonyl (C=O) groups is 2. The number of hydrogen-bond donors (Lipinski definition) is 1. The first-order valence-electron chi connectivity index (χ1n) is 9.10. The quantitative estimate of drug-likeness (QED) is 0.377. The molecule has 1 heterocycles. The van der Waals surface area contributed by atoms with E-state index in [1.165, 1.54) is 17.4 Å². The first-order chi connectivity index (χ1) is 14.0. The summed E-state index contributed by atoms with van der Waals surface area (Å²) in [5, 5.41) is 3.94. The predicted molar refractivity (Wildman–Crippen MR) is 120 cm³/mol. The smallest absolute Gasteiger partial charge is 0.341 e. The van der Waals surface area contributed by atoms with Crippen LogP contribution in [0.25, 0.3) is 17.2 Å². The van der Waals surface area contributed by atoms with Crippen molar-refractivity contribution in [3.8, 4) is 11.1 Å². The van der Waals surface area contributed by atoms with Crippen LogP contribution in [0.3, 0.4) is 0 Å². The predicted octanol–water partition coefficient (Wildman–Crippen LogP) is 6.21. The van der Waals surface area contributed by atoms with E-state index in [1.807, 2.05) is 49.4 Å². The number of carbonyl (C=O) groups excluding carboxylic acids is 2. The minimum absolute atomic E-state index is 0.256. The maximum absolute atomic E-state index is 12.7. The molecule has 3 aromatic rings. The van der Waals surface area contributed by atoms with Gasteiger partial charge >= 0.3 is 5.97 Å². The van der Waals surface area contributed by atoms with Crippen LogP contribution in [-0.4, -0.2) is 18.5 Å². The van der Waals surface area contributed by atoms with Gasteiger partial charge in [-0.1, -0.05) is 54.1 Å². The molecule has 0 saturated carbocycles. The van der Waals surface area contributed by atoms with E-state index in [0.717, 1.165) is 21.6 Å². The van der Waals surface area contributed by atoms with Gasteiger partial charge in [0, 0.05) is 21.5 Å². The van der Waals surface area contributed by atoms with Crippen LogP contribution >= 0.6 is 22.9 Å². The van der Waals surface area contributed by atoms with Crippen molar-refractivity contribution in [3.63, 3.8) is 0 Å². The topological polar surface area (TPSA) is 55.4 Å². The molecule has 0 aliphatic heterocycles. The molecule has 148 valence electrons. The van der Waals surface area contributed by atoms with Gasteiger partial charge in [-0.15, -0.1) is 11.3 Å². The minimum Gasteiger partial charge on any atom is -0.462 e. The average molecular weight is 426 g/mol. The molecule has 0 spiro atoms. The van der Waals surface area contributed by atoms with Crippen molar-refractivity contribution < 1.29 is 14.3 Å². The van der Waals surface area contributed by atoms with E-state index in [4.69, 9.17) is 16.3 Å². The van der Waals surface area contributed by atoms with Crippen LogP contribution in [0.4, 0.5) is 5.00 Å². The number of hydrogen-bond acceptors (Lipinski definition) is 4. The van der Waals surface area contributed by atoms with Crippen LogP contribution in [0.2, 0.25) is 5.02 Å². The summed E-state index contributed by atoms with van der Waals surface area (Å²) in [7, 11) is 0. The fourth-order valence-electron chi connectivity index (χ4n) is 2.88. The van der Waals surface area contributed by atoms with Gasteiger partial charge in [0.05, 0.1) is 6.61 Å². The zero-order valence-corrected chi connectivity index (χ0v) is 17.6. The van der Waals surface area contributed by atoms with Gasteiger partial charge in [0.15, 0.2) is 0 Å². The van der Waals surface area contributed by atoms with Gasteiger partial charge in [-0.3, -0.25) is 4.79 Å². The lowest BCUT2D eigenvalue weighted by Gasteiger charge is -2.08. The Balaban J connectivity index is 1.91. The molecule has 0 bridgehead atoms. The first kappa shape index (κ1) is 20.8. The third-order valence-corrected chi connectivity index (χ3v) is 5.43. The Kier molecular flexibility index (Phi) is 6.86. The standard InChI is InChI=1S/C23H20ClNO3S/c1-3-28-23(27)21-20(17-7-5-4-6-8-17)15(2)29-22(21)25-19(26)14-11-16-9-12-18(24)13-10-16/h4-14H,3H2,1-2H3,(H,25,26). The molecule has 6 heteroatoms. The number of anilines is 1. The van der Waals surface area contributed by atoms with Gasteiger partial charge in [-0.25, -0.2) is 4.79 Å². The Hall–Kier alpha value is -2.89. The summed E-state index contributed by atoms with van der Waals surface area (Å²) in [4.78, 5) is 26.1. The van der Waals surface area contributed by atoms with Crippen molar-refractivity contribution in [2.75, 3.05) is 11.9 Å². The van der Waals surface area contributed by atoms with E-state index in [0.29, 0.717) is 15.6 Å². The Bertz CT molecular complexity index is 1040. The van der Waals surface area contributed by atoms with Crippen molar-refractivity contribution in [3.05, 3.63) is 81.7 Å². The zero-order valence-electron chi connectivity index (χ0n) is 16.1. The van der Waals surface area contributed by atoms with Crippen LogP contribution < -0.4 is 5.32 Å². The summed E-state index contributed by atoms with van der Waals surface area (Å²) >= 11 is 7.23. The highest BCUT2D eigenvalue weighted by molar-refractivity contribution is 7.17. The van der Waals surface area contributed by atoms with Crippen LogP contribution in [0.5, 0.6) is 0 Å². The highest BCUT2D eigenvalue weighted by Crippen LogP contribution is 2.40. The number of aryl methyl sites for hydroxylation is 1. The van der Waals surface area contributed by atoms with Crippen molar-refractivity contribution in [2.24, 2.45) is 0 Å². The lowest BCUT2D eigenvalue weighted by molar-refractivity contribution is -0.111. The Morgan fingerprint density at radius 2 is 1.79 bits per heavy atom. The molecular formula is C23H20ClNO3S. The highest BCUT2D eigenvalue weighted by Gasteiger charge is 2.25. The number of amides is 1. The molecule has 0 fully saturated rings. The normalized spacial score (nSPS) is 10.9. The number of halogens is 1. The fraction of sp³-hybridized carbons (Fsp3) is 0.130. The number of esters is 1. The van der Waals surface area contributed by atoms with Gasteiger partial charge in [-0.2, -0.15) is 0 Å². The maximum atomic E-state index is 12.7. The lowest BCUT2D eigenvalue weighted by Crippen LogP contribution is -2.12. The molecule has 1 N–H and O–H groups in total. The lowest BCUT2D eigenvalue weighted by atomic mass is 10.0. The molecule has 0 aliphatic carbocycles. The Morgan fingerprint density at radius 3 is 2.45 bits per heavy atom. The van der Waals surface area contributed by atoms with E-state index in [-0.39, 0.29) is 12.5 Å². The van der Waals surface area contributed by atoms with E-state index >= 15 is 0 Å². The van der Waals surface area contributed by atoms with Crippen LogP contribution in [0, 0.1) is 6.92 Å². The van der Waals surface area contributed by atoms with E-state index in [1.54, 1.807) is 25.1 Å². The van der Waals surface area contributed by atoms with Crippen LogP contribution in [0.15, 0.2) is 60.7 Å². The summed E-state index contributed by atoms with van der Waals surface area (Å²) < 4.78 is 5.25. The Morgan fingerprint density at radius 1 is 1.10 bits per heavy atom. The van der Waals surface area contributed by atoms with Gasteiger partial charge in [0.1, 0.15) is 10.6 Å². The molecule has 4 nitrogen and oxygen atoms in total. The van der Waals surface area contributed by atoms with E-state index in [2.05, 4.69) is 5.32 Å². The summed E-state index contributed by atoms with van der Waals surface area (Å²) in [6.07, 6.45) is 3.11. The monoisotopic (exact) mass is 425 g/mol. The zero-order chi connectivity index (χ0) is 20.8. The third kappa shape index (κ3) is 5.13.